The third-order valence-electron chi connectivity index (χ3n) is 5.24. The lowest BCUT2D eigenvalue weighted by Crippen LogP contribution is -2.37. The summed E-state index contributed by atoms with van der Waals surface area (Å²) in [6, 6.07) is 5.87. The topological polar surface area (TPSA) is 76.1 Å². The lowest BCUT2D eigenvalue weighted by molar-refractivity contribution is -0.117. The van der Waals surface area contributed by atoms with Gasteiger partial charge >= 0.3 is 0 Å². The molecule has 0 spiro atoms. The molecule has 4 rings (SSSR count). The van der Waals surface area contributed by atoms with Crippen LogP contribution in [0, 0.1) is 19.8 Å². The third kappa shape index (κ3) is 4.11. The van der Waals surface area contributed by atoms with Gasteiger partial charge in [-0.3, -0.25) is 4.79 Å². The summed E-state index contributed by atoms with van der Waals surface area (Å²) in [6.45, 7) is 5.85. The fraction of sp³-hybridized carbons (Fsp3) is 0.476. The van der Waals surface area contributed by atoms with Crippen molar-refractivity contribution in [2.75, 3.05) is 18.4 Å². The molecule has 2 heterocycles. The van der Waals surface area contributed by atoms with Crippen LogP contribution >= 0.6 is 0 Å². The molecule has 0 bridgehead atoms. The van der Waals surface area contributed by atoms with E-state index in [1.165, 1.54) is 0 Å². The van der Waals surface area contributed by atoms with Gasteiger partial charge in [-0.25, -0.2) is 9.97 Å². The van der Waals surface area contributed by atoms with Crippen molar-refractivity contribution in [2.45, 2.75) is 45.6 Å². The van der Waals surface area contributed by atoms with Crippen LogP contribution in [0.3, 0.4) is 0 Å². The maximum atomic E-state index is 12.2. The normalized spacial score (nSPS) is 19.6. The number of aromatic nitrogens is 2. The molecule has 1 saturated heterocycles. The summed E-state index contributed by atoms with van der Waals surface area (Å²) in [5, 5.41) is 6.42. The third-order valence-corrected chi connectivity index (χ3v) is 5.24. The van der Waals surface area contributed by atoms with E-state index in [4.69, 9.17) is 4.74 Å². The van der Waals surface area contributed by atoms with Crippen LogP contribution in [0.1, 0.15) is 37.1 Å². The molecule has 1 atom stereocenters. The minimum atomic E-state index is 0.101. The van der Waals surface area contributed by atoms with Gasteiger partial charge in [-0.1, -0.05) is 0 Å². The summed E-state index contributed by atoms with van der Waals surface area (Å²) in [7, 11) is 0. The van der Waals surface area contributed by atoms with E-state index in [2.05, 4.69) is 20.6 Å². The summed E-state index contributed by atoms with van der Waals surface area (Å²) in [6.07, 6.45) is 5.85. The Hall–Kier alpha value is -2.47. The molecular weight excluding hydrogens is 340 g/mol. The van der Waals surface area contributed by atoms with E-state index < -0.39 is 0 Å². The molecule has 1 amide bonds. The molecular formula is C21H26N4O2. The first-order chi connectivity index (χ1) is 13.1. The Kier molecular flexibility index (Phi) is 5.07. The molecule has 1 aliphatic carbocycles. The zero-order valence-electron chi connectivity index (χ0n) is 15.9. The molecule has 0 unspecified atom stereocenters. The van der Waals surface area contributed by atoms with E-state index in [0.29, 0.717) is 0 Å². The van der Waals surface area contributed by atoms with Crippen molar-refractivity contribution in [1.82, 2.24) is 15.3 Å². The summed E-state index contributed by atoms with van der Waals surface area (Å²) in [5.41, 5.74) is 4.50. The Morgan fingerprint density at radius 3 is 2.63 bits per heavy atom. The summed E-state index contributed by atoms with van der Waals surface area (Å²) in [5.74, 6) is 1.08. The van der Waals surface area contributed by atoms with Gasteiger partial charge in [-0.2, -0.15) is 0 Å². The molecule has 2 N–H and O–H groups in total. The fourth-order valence-corrected chi connectivity index (χ4v) is 3.58. The van der Waals surface area contributed by atoms with E-state index in [1.807, 2.05) is 32.0 Å². The highest BCUT2D eigenvalue weighted by molar-refractivity contribution is 5.95. The number of ether oxygens (including phenoxy) is 1. The van der Waals surface area contributed by atoms with Crippen molar-refractivity contribution in [1.29, 1.82) is 0 Å². The van der Waals surface area contributed by atoms with Crippen LogP contribution in [0.2, 0.25) is 0 Å². The van der Waals surface area contributed by atoms with Crippen LogP contribution in [-0.4, -0.2) is 35.1 Å². The second kappa shape index (κ2) is 7.64. The number of nitrogens with one attached hydrogen (secondary N) is 2. The van der Waals surface area contributed by atoms with Crippen LogP contribution in [0.15, 0.2) is 24.5 Å². The molecule has 1 aliphatic heterocycles. The number of amides is 1. The minimum absolute atomic E-state index is 0.101. The predicted octanol–water partition coefficient (Wildman–Crippen LogP) is 3.24. The summed E-state index contributed by atoms with van der Waals surface area (Å²) < 4.78 is 6.34. The van der Waals surface area contributed by atoms with Crippen molar-refractivity contribution in [3.8, 4) is 16.9 Å². The Morgan fingerprint density at radius 2 is 1.96 bits per heavy atom. The smallest absolute Gasteiger partial charge is 0.227 e. The fourth-order valence-electron chi connectivity index (χ4n) is 3.58. The molecule has 6 heteroatoms. The average molecular weight is 366 g/mol. The van der Waals surface area contributed by atoms with E-state index in [-0.39, 0.29) is 17.9 Å². The maximum absolute atomic E-state index is 12.2. The zero-order chi connectivity index (χ0) is 18.8. The van der Waals surface area contributed by atoms with Crippen LogP contribution in [0.4, 0.5) is 5.69 Å². The quantitative estimate of drug-likeness (QED) is 0.850. The molecule has 6 nitrogen and oxygen atoms in total. The number of hydrogen-bond donors (Lipinski definition) is 2. The van der Waals surface area contributed by atoms with Gasteiger partial charge in [0, 0.05) is 40.7 Å². The largest absolute Gasteiger partial charge is 0.488 e. The number of carbonyl (C=O) groups is 1. The first kappa shape index (κ1) is 17.9. The molecule has 1 saturated carbocycles. The first-order valence-corrected chi connectivity index (χ1v) is 9.72. The molecule has 0 radical (unpaired) electrons. The predicted molar refractivity (Wildman–Crippen MR) is 105 cm³/mol. The number of rotatable bonds is 5. The van der Waals surface area contributed by atoms with Crippen molar-refractivity contribution in [2.24, 2.45) is 5.92 Å². The van der Waals surface area contributed by atoms with Gasteiger partial charge in [0.15, 0.2) is 0 Å². The van der Waals surface area contributed by atoms with Gasteiger partial charge < -0.3 is 15.4 Å². The Labute approximate surface area is 159 Å². The lowest BCUT2D eigenvalue weighted by Gasteiger charge is -2.26. The Bertz CT molecular complexity index is 822. The molecule has 2 aromatic rings. The van der Waals surface area contributed by atoms with Gasteiger partial charge in [0.05, 0.1) is 0 Å². The van der Waals surface area contributed by atoms with Gasteiger partial charge in [0.2, 0.25) is 5.91 Å². The summed E-state index contributed by atoms with van der Waals surface area (Å²) in [4.78, 5) is 20.9. The van der Waals surface area contributed by atoms with E-state index in [1.54, 1.807) is 6.33 Å². The first-order valence-electron chi connectivity index (χ1n) is 9.72. The average Bonchev–Trinajstić information content (AvgIpc) is 3.50. The van der Waals surface area contributed by atoms with Crippen molar-refractivity contribution in [3.05, 3.63) is 35.9 Å². The highest BCUT2D eigenvalue weighted by Crippen LogP contribution is 2.37. The molecule has 2 aliphatic rings. The van der Waals surface area contributed by atoms with Gasteiger partial charge in [-0.05, 0) is 64.3 Å². The number of piperidine rings is 1. The standard InChI is InChI=1S/C21H26N4O2/c1-13-20(14(2)24-12-23-13)18-10-16(25-21(26)15-5-6-15)7-8-19(18)27-17-4-3-9-22-11-17/h7-8,10,12,15,17,22H,3-6,9,11H2,1-2H3,(H,25,26)/t17-/m0/s1. The number of aryl methyl sites for hydroxylation is 2. The molecule has 1 aromatic carbocycles. The van der Waals surface area contributed by atoms with Crippen LogP contribution in [0.25, 0.3) is 11.1 Å². The maximum Gasteiger partial charge on any atom is 0.227 e. The van der Waals surface area contributed by atoms with Crippen molar-refractivity contribution >= 4 is 11.6 Å². The molecule has 1 aromatic heterocycles. The molecule has 142 valence electrons. The SMILES string of the molecule is Cc1ncnc(C)c1-c1cc(NC(=O)C2CC2)ccc1O[C@H]1CCCNC1. The zero-order valence-corrected chi connectivity index (χ0v) is 15.9. The number of nitrogens with zero attached hydrogens (tertiary/aromatic N) is 2. The molecule has 2 fully saturated rings. The van der Waals surface area contributed by atoms with Crippen LogP contribution < -0.4 is 15.4 Å². The van der Waals surface area contributed by atoms with Gasteiger partial charge in [-0.15, -0.1) is 0 Å². The highest BCUT2D eigenvalue weighted by Gasteiger charge is 2.30. The Balaban J connectivity index is 1.69. The van der Waals surface area contributed by atoms with Crippen LogP contribution in [-0.2, 0) is 4.79 Å². The molecule has 27 heavy (non-hydrogen) atoms. The lowest BCUT2D eigenvalue weighted by atomic mass is 10.0. The van der Waals surface area contributed by atoms with Crippen molar-refractivity contribution < 1.29 is 9.53 Å². The van der Waals surface area contributed by atoms with Crippen molar-refractivity contribution in [3.63, 3.8) is 0 Å². The second-order valence-electron chi connectivity index (χ2n) is 7.48. The van der Waals surface area contributed by atoms with Crippen LogP contribution in [0.5, 0.6) is 5.75 Å². The van der Waals surface area contributed by atoms with E-state index >= 15 is 0 Å². The van der Waals surface area contributed by atoms with E-state index in [0.717, 1.165) is 72.7 Å². The monoisotopic (exact) mass is 366 g/mol. The highest BCUT2D eigenvalue weighted by atomic mass is 16.5. The summed E-state index contributed by atoms with van der Waals surface area (Å²) >= 11 is 0. The minimum Gasteiger partial charge on any atom is -0.488 e. The number of carbonyl (C=O) groups excluding carboxylic acids is 1. The van der Waals surface area contributed by atoms with E-state index in [9.17, 15) is 4.79 Å². The number of anilines is 1. The van der Waals surface area contributed by atoms with Gasteiger partial charge in [0.25, 0.3) is 0 Å². The number of hydrogen-bond acceptors (Lipinski definition) is 5. The second-order valence-corrected chi connectivity index (χ2v) is 7.48. The number of benzene rings is 1. The Morgan fingerprint density at radius 1 is 1.19 bits per heavy atom. The van der Waals surface area contributed by atoms with Gasteiger partial charge in [0.1, 0.15) is 18.2 Å².